The average molecular weight is 264 g/mol. The zero-order chi connectivity index (χ0) is 9.84. The summed E-state index contributed by atoms with van der Waals surface area (Å²) in [5.41, 5.74) is 1.07. The van der Waals surface area contributed by atoms with Crippen molar-refractivity contribution in [3.05, 3.63) is 15.0 Å². The Kier molecular flexibility index (Phi) is 4.02. The van der Waals surface area contributed by atoms with E-state index in [0.29, 0.717) is 5.92 Å². The van der Waals surface area contributed by atoms with Gasteiger partial charge in [-0.1, -0.05) is 0 Å². The molecule has 2 rings (SSSR count). The fourth-order valence-corrected chi connectivity index (χ4v) is 2.23. The molecule has 5 heteroatoms. The van der Waals surface area contributed by atoms with Crippen molar-refractivity contribution in [2.75, 3.05) is 7.11 Å². The van der Waals surface area contributed by atoms with Gasteiger partial charge in [0.25, 0.3) is 0 Å². The minimum Gasteiger partial charge on any atom is -0.400 e. The van der Waals surface area contributed by atoms with Crippen LogP contribution in [0, 0.1) is 5.92 Å². The van der Waals surface area contributed by atoms with Crippen molar-refractivity contribution in [1.29, 1.82) is 0 Å². The molecule has 1 N–H and O–H groups in total. The van der Waals surface area contributed by atoms with Crippen molar-refractivity contribution in [1.82, 2.24) is 4.98 Å². The van der Waals surface area contributed by atoms with Crippen molar-refractivity contribution in [2.45, 2.75) is 12.3 Å². The van der Waals surface area contributed by atoms with Crippen LogP contribution < -0.4 is 0 Å². The number of hydrogen-bond acceptors (Lipinski definition) is 4. The van der Waals surface area contributed by atoms with Gasteiger partial charge < -0.3 is 9.90 Å². The topological polar surface area (TPSA) is 50.2 Å². The summed E-state index contributed by atoms with van der Waals surface area (Å²) in [5, 5.41) is 9.01. The van der Waals surface area contributed by atoms with Crippen LogP contribution in [0.4, 0.5) is 0 Å². The van der Waals surface area contributed by atoms with Crippen LogP contribution in [0.5, 0.6) is 0 Å². The summed E-state index contributed by atoms with van der Waals surface area (Å²) in [6, 6.07) is 0. The smallest absolute Gasteiger partial charge is 0.159 e. The molecule has 3 nitrogen and oxygen atoms in total. The molecular weight excluding hydrogens is 254 g/mol. The zero-order valence-corrected chi connectivity index (χ0v) is 9.51. The van der Waals surface area contributed by atoms with E-state index in [1.54, 1.807) is 11.3 Å². The first-order valence-electron chi connectivity index (χ1n) is 3.82. The Morgan fingerprint density at radius 1 is 1.77 bits per heavy atom. The quantitative estimate of drug-likeness (QED) is 0.829. The molecule has 0 bridgehead atoms. The summed E-state index contributed by atoms with van der Waals surface area (Å²) in [5.74, 6) is 0.652. The highest BCUT2D eigenvalue weighted by Crippen LogP contribution is 2.46. The number of hydrogen-bond donors (Lipinski definition) is 1. The van der Waals surface area contributed by atoms with E-state index in [1.165, 1.54) is 0 Å². The SMILES string of the molecule is CO.O=CC1CC1c1csc(Br)n1. The highest BCUT2D eigenvalue weighted by Gasteiger charge is 2.39. The Balaban J connectivity index is 0.000000396. The Bertz CT molecular complexity index is 289. The monoisotopic (exact) mass is 263 g/mol. The number of rotatable bonds is 2. The van der Waals surface area contributed by atoms with Gasteiger partial charge in [0, 0.05) is 24.3 Å². The zero-order valence-electron chi connectivity index (χ0n) is 7.11. The van der Waals surface area contributed by atoms with Crippen LogP contribution >= 0.6 is 27.3 Å². The summed E-state index contributed by atoms with van der Waals surface area (Å²) in [4.78, 5) is 14.6. The largest absolute Gasteiger partial charge is 0.400 e. The maximum absolute atomic E-state index is 10.3. The van der Waals surface area contributed by atoms with Gasteiger partial charge >= 0.3 is 0 Å². The van der Waals surface area contributed by atoms with Crippen molar-refractivity contribution in [2.24, 2.45) is 5.92 Å². The standard InChI is InChI=1S/C7H6BrNOS.CH4O/c8-7-9-6(3-11-7)5-1-4(5)2-10;1-2/h2-5H,1H2;2H,1H3. The molecule has 1 aromatic heterocycles. The lowest BCUT2D eigenvalue weighted by Gasteiger charge is -1.85. The summed E-state index contributed by atoms with van der Waals surface area (Å²) >= 11 is 4.86. The molecule has 1 aromatic rings. The molecule has 1 fully saturated rings. The van der Waals surface area contributed by atoms with E-state index < -0.39 is 0 Å². The van der Waals surface area contributed by atoms with Crippen molar-refractivity contribution < 1.29 is 9.90 Å². The Morgan fingerprint density at radius 3 is 2.85 bits per heavy atom. The van der Waals surface area contributed by atoms with E-state index in [1.807, 2.05) is 5.38 Å². The number of halogens is 1. The lowest BCUT2D eigenvalue weighted by atomic mass is 10.3. The molecule has 1 aliphatic carbocycles. The fourth-order valence-electron chi connectivity index (χ4n) is 1.14. The Morgan fingerprint density at radius 2 is 2.46 bits per heavy atom. The molecule has 0 radical (unpaired) electrons. The predicted molar refractivity (Wildman–Crippen MR) is 54.9 cm³/mol. The maximum Gasteiger partial charge on any atom is 0.159 e. The number of aliphatic hydroxyl groups is 1. The average Bonchev–Trinajstić information content (AvgIpc) is 2.85. The highest BCUT2D eigenvalue weighted by molar-refractivity contribution is 9.11. The summed E-state index contributed by atoms with van der Waals surface area (Å²) in [7, 11) is 1.00. The van der Waals surface area contributed by atoms with Crippen LogP contribution in [-0.4, -0.2) is 23.5 Å². The molecule has 72 valence electrons. The van der Waals surface area contributed by atoms with Crippen LogP contribution in [0.15, 0.2) is 9.30 Å². The van der Waals surface area contributed by atoms with Crippen LogP contribution in [0.25, 0.3) is 0 Å². The highest BCUT2D eigenvalue weighted by atomic mass is 79.9. The number of aliphatic hydroxyl groups excluding tert-OH is 1. The van der Waals surface area contributed by atoms with E-state index in [-0.39, 0.29) is 5.92 Å². The van der Waals surface area contributed by atoms with Crippen LogP contribution in [-0.2, 0) is 4.79 Å². The summed E-state index contributed by atoms with van der Waals surface area (Å²) in [6.07, 6.45) is 2.01. The van der Waals surface area contributed by atoms with E-state index in [4.69, 9.17) is 5.11 Å². The molecule has 1 heterocycles. The number of aromatic nitrogens is 1. The second-order valence-electron chi connectivity index (χ2n) is 2.67. The first kappa shape index (κ1) is 10.8. The van der Waals surface area contributed by atoms with Gasteiger partial charge in [-0.15, -0.1) is 11.3 Å². The minimum absolute atomic E-state index is 0.240. The molecule has 1 saturated carbocycles. The Hall–Kier alpha value is -0.260. The van der Waals surface area contributed by atoms with E-state index in [9.17, 15) is 4.79 Å². The number of aldehydes is 1. The number of nitrogens with zero attached hydrogens (tertiary/aromatic N) is 1. The molecule has 13 heavy (non-hydrogen) atoms. The molecule has 1 aliphatic rings. The van der Waals surface area contributed by atoms with E-state index in [2.05, 4.69) is 20.9 Å². The van der Waals surface area contributed by atoms with E-state index >= 15 is 0 Å². The number of carbonyl (C=O) groups is 1. The van der Waals surface area contributed by atoms with Gasteiger partial charge in [-0.2, -0.15) is 0 Å². The maximum atomic E-state index is 10.3. The normalized spacial score (nSPS) is 24.5. The van der Waals surface area contributed by atoms with Crippen molar-refractivity contribution in [3.63, 3.8) is 0 Å². The van der Waals surface area contributed by atoms with E-state index in [0.717, 1.165) is 29.4 Å². The van der Waals surface area contributed by atoms with Gasteiger partial charge in [0.1, 0.15) is 6.29 Å². The third kappa shape index (κ3) is 2.59. The third-order valence-corrected chi connectivity index (χ3v) is 3.27. The number of carbonyl (C=O) groups excluding carboxylic acids is 1. The third-order valence-electron chi connectivity index (χ3n) is 1.89. The van der Waals surface area contributed by atoms with Gasteiger partial charge in [-0.25, -0.2) is 4.98 Å². The number of thiazole rings is 1. The summed E-state index contributed by atoms with van der Waals surface area (Å²) < 4.78 is 0.907. The molecule has 0 aliphatic heterocycles. The van der Waals surface area contributed by atoms with Gasteiger partial charge in [0.15, 0.2) is 3.92 Å². The molecule has 0 saturated heterocycles. The lowest BCUT2D eigenvalue weighted by Crippen LogP contribution is -1.83. The van der Waals surface area contributed by atoms with Gasteiger partial charge in [-0.05, 0) is 22.4 Å². The van der Waals surface area contributed by atoms with Crippen molar-refractivity contribution >= 4 is 33.6 Å². The lowest BCUT2D eigenvalue weighted by molar-refractivity contribution is -0.108. The van der Waals surface area contributed by atoms with Gasteiger partial charge in [0.2, 0.25) is 0 Å². The van der Waals surface area contributed by atoms with Gasteiger partial charge in [0.05, 0.1) is 5.69 Å². The minimum atomic E-state index is 0.240. The first-order valence-corrected chi connectivity index (χ1v) is 5.49. The molecule has 0 amide bonds. The van der Waals surface area contributed by atoms with Crippen LogP contribution in [0.3, 0.4) is 0 Å². The molecule has 2 atom stereocenters. The summed E-state index contributed by atoms with van der Waals surface area (Å²) in [6.45, 7) is 0. The fraction of sp³-hybridized carbons (Fsp3) is 0.500. The molecule has 0 aromatic carbocycles. The predicted octanol–water partition coefficient (Wildman–Crippen LogP) is 1.82. The van der Waals surface area contributed by atoms with Crippen molar-refractivity contribution in [3.8, 4) is 0 Å². The second kappa shape index (κ2) is 4.83. The molecule has 2 unspecified atom stereocenters. The molecular formula is C8H10BrNO2S. The first-order chi connectivity index (χ1) is 6.31. The second-order valence-corrected chi connectivity index (χ2v) is 4.80. The Labute approximate surface area is 88.9 Å². The van der Waals surface area contributed by atoms with Gasteiger partial charge in [-0.3, -0.25) is 0 Å². The van der Waals surface area contributed by atoms with Crippen LogP contribution in [0.1, 0.15) is 18.0 Å². The molecule has 0 spiro atoms. The van der Waals surface area contributed by atoms with Crippen LogP contribution in [0.2, 0.25) is 0 Å².